The fourth-order valence-electron chi connectivity index (χ4n) is 8.50. The van der Waals surface area contributed by atoms with Crippen LogP contribution < -0.4 is 4.90 Å². The second-order valence-corrected chi connectivity index (χ2v) is 17.9. The SMILES string of the molecule is CC(C)(C)c1cc(-c2cccc3cccc(-c4ccccc4N(c4ccc(-c5ccccc5)cc4)c4cccc(-c5cccc6ccccc56)c4)c23)cc(C(C)(C)C)c1. The summed E-state index contributed by atoms with van der Waals surface area (Å²) < 4.78 is 0. The maximum Gasteiger partial charge on any atom is 0.0540 e. The molecule has 0 amide bonds. The zero-order valence-electron chi connectivity index (χ0n) is 35.0. The lowest BCUT2D eigenvalue weighted by Crippen LogP contribution is -2.16. The van der Waals surface area contributed by atoms with Crippen LogP contribution in [0.5, 0.6) is 0 Å². The molecule has 0 radical (unpaired) electrons. The quantitative estimate of drug-likeness (QED) is 0.156. The number of hydrogen-bond donors (Lipinski definition) is 0. The van der Waals surface area contributed by atoms with Crippen LogP contribution in [-0.2, 0) is 10.8 Å². The molecule has 288 valence electrons. The van der Waals surface area contributed by atoms with Gasteiger partial charge in [0.05, 0.1) is 5.69 Å². The smallest absolute Gasteiger partial charge is 0.0540 e. The Morgan fingerprint density at radius 2 is 0.847 bits per heavy atom. The van der Waals surface area contributed by atoms with E-state index < -0.39 is 0 Å². The van der Waals surface area contributed by atoms with Gasteiger partial charge in [-0.3, -0.25) is 0 Å². The normalized spacial score (nSPS) is 11.9. The Morgan fingerprint density at radius 1 is 0.322 bits per heavy atom. The van der Waals surface area contributed by atoms with Gasteiger partial charge in [-0.05, 0) is 113 Å². The number of fused-ring (bicyclic) bond motifs is 2. The minimum absolute atomic E-state index is 0.00710. The first kappa shape index (κ1) is 37.9. The fourth-order valence-corrected chi connectivity index (χ4v) is 8.50. The first-order chi connectivity index (χ1) is 28.5. The van der Waals surface area contributed by atoms with Crippen LogP contribution in [-0.4, -0.2) is 0 Å². The molecule has 59 heavy (non-hydrogen) atoms. The lowest BCUT2D eigenvalue weighted by molar-refractivity contribution is 0.569. The van der Waals surface area contributed by atoms with E-state index in [1.54, 1.807) is 0 Å². The minimum atomic E-state index is 0.00710. The summed E-state index contributed by atoms with van der Waals surface area (Å²) in [5.74, 6) is 0. The van der Waals surface area contributed by atoms with Gasteiger partial charge in [0, 0.05) is 16.9 Å². The molecule has 0 spiro atoms. The van der Waals surface area contributed by atoms with Crippen molar-refractivity contribution < 1.29 is 0 Å². The number of para-hydroxylation sites is 1. The maximum atomic E-state index is 2.44. The number of anilines is 3. The molecular formula is C58H51N. The number of rotatable bonds is 7. The van der Waals surface area contributed by atoms with Gasteiger partial charge in [0.2, 0.25) is 0 Å². The van der Waals surface area contributed by atoms with Gasteiger partial charge in [0.1, 0.15) is 0 Å². The summed E-state index contributed by atoms with van der Waals surface area (Å²) in [6, 6.07) is 73.8. The lowest BCUT2D eigenvalue weighted by atomic mass is 9.78. The molecule has 0 aliphatic rings. The largest absolute Gasteiger partial charge is 0.310 e. The minimum Gasteiger partial charge on any atom is -0.310 e. The summed E-state index contributed by atoms with van der Waals surface area (Å²) in [6.07, 6.45) is 0. The molecule has 0 bridgehead atoms. The average Bonchev–Trinajstić information content (AvgIpc) is 3.26. The molecule has 0 aliphatic heterocycles. The van der Waals surface area contributed by atoms with Crippen molar-refractivity contribution in [1.29, 1.82) is 0 Å². The molecule has 0 saturated heterocycles. The van der Waals surface area contributed by atoms with Crippen molar-refractivity contribution in [1.82, 2.24) is 0 Å². The van der Waals surface area contributed by atoms with Gasteiger partial charge in [0.25, 0.3) is 0 Å². The molecule has 0 fully saturated rings. The molecule has 0 unspecified atom stereocenters. The van der Waals surface area contributed by atoms with Crippen LogP contribution in [0, 0.1) is 0 Å². The highest BCUT2D eigenvalue weighted by Crippen LogP contribution is 2.46. The van der Waals surface area contributed by atoms with Crippen LogP contribution in [0.15, 0.2) is 200 Å². The molecular weight excluding hydrogens is 711 g/mol. The number of benzene rings is 9. The van der Waals surface area contributed by atoms with Crippen molar-refractivity contribution >= 4 is 38.6 Å². The van der Waals surface area contributed by atoms with Crippen LogP contribution in [0.2, 0.25) is 0 Å². The summed E-state index contributed by atoms with van der Waals surface area (Å²) in [5, 5.41) is 4.98. The molecule has 0 aromatic heterocycles. The highest BCUT2D eigenvalue weighted by Gasteiger charge is 2.24. The maximum absolute atomic E-state index is 2.44. The molecule has 0 aliphatic carbocycles. The van der Waals surface area contributed by atoms with E-state index in [0.717, 1.165) is 17.1 Å². The monoisotopic (exact) mass is 761 g/mol. The zero-order chi connectivity index (χ0) is 40.7. The number of nitrogens with zero attached hydrogens (tertiary/aromatic N) is 1. The van der Waals surface area contributed by atoms with Crippen molar-refractivity contribution in [2.75, 3.05) is 4.90 Å². The zero-order valence-corrected chi connectivity index (χ0v) is 35.0. The first-order valence-electron chi connectivity index (χ1n) is 20.8. The summed E-state index contributed by atoms with van der Waals surface area (Å²) in [7, 11) is 0. The third-order valence-electron chi connectivity index (χ3n) is 11.8. The third-order valence-corrected chi connectivity index (χ3v) is 11.8. The van der Waals surface area contributed by atoms with Crippen LogP contribution >= 0.6 is 0 Å². The second-order valence-electron chi connectivity index (χ2n) is 17.9. The lowest BCUT2D eigenvalue weighted by Gasteiger charge is -2.29. The van der Waals surface area contributed by atoms with Gasteiger partial charge in [-0.15, -0.1) is 0 Å². The molecule has 9 aromatic rings. The molecule has 9 aromatic carbocycles. The molecule has 0 saturated carbocycles. The Bertz CT molecular complexity index is 2900. The summed E-state index contributed by atoms with van der Waals surface area (Å²) in [5.41, 5.74) is 15.7. The molecule has 1 nitrogen and oxygen atoms in total. The topological polar surface area (TPSA) is 3.24 Å². The van der Waals surface area contributed by atoms with E-state index in [1.807, 2.05) is 0 Å². The van der Waals surface area contributed by atoms with Gasteiger partial charge >= 0.3 is 0 Å². The predicted molar refractivity (Wildman–Crippen MR) is 255 cm³/mol. The summed E-state index contributed by atoms with van der Waals surface area (Å²) >= 11 is 0. The van der Waals surface area contributed by atoms with E-state index in [-0.39, 0.29) is 10.8 Å². The Hall–Kier alpha value is -6.70. The van der Waals surface area contributed by atoms with Crippen molar-refractivity contribution in [3.05, 3.63) is 211 Å². The molecule has 0 atom stereocenters. The van der Waals surface area contributed by atoms with E-state index in [9.17, 15) is 0 Å². The third kappa shape index (κ3) is 7.46. The molecule has 0 N–H and O–H groups in total. The predicted octanol–water partition coefficient (Wildman–Crippen LogP) is 16.7. The fraction of sp³-hybridized carbons (Fsp3) is 0.138. The molecule has 1 heteroatoms. The Labute approximate surface area is 350 Å². The van der Waals surface area contributed by atoms with Crippen molar-refractivity contribution in [3.63, 3.8) is 0 Å². The Balaban J connectivity index is 1.27. The van der Waals surface area contributed by atoms with E-state index in [2.05, 4.69) is 247 Å². The first-order valence-corrected chi connectivity index (χ1v) is 20.8. The van der Waals surface area contributed by atoms with Crippen LogP contribution in [0.25, 0.3) is 66.1 Å². The van der Waals surface area contributed by atoms with Gasteiger partial charge in [-0.1, -0.05) is 211 Å². The highest BCUT2D eigenvalue weighted by molar-refractivity contribution is 6.09. The second kappa shape index (κ2) is 15.2. The van der Waals surface area contributed by atoms with E-state index in [4.69, 9.17) is 0 Å². The van der Waals surface area contributed by atoms with Gasteiger partial charge < -0.3 is 4.90 Å². The summed E-state index contributed by atoms with van der Waals surface area (Å²) in [4.78, 5) is 2.44. The van der Waals surface area contributed by atoms with Gasteiger partial charge in [-0.2, -0.15) is 0 Å². The van der Waals surface area contributed by atoms with Crippen LogP contribution in [0.4, 0.5) is 17.1 Å². The highest BCUT2D eigenvalue weighted by atomic mass is 15.1. The van der Waals surface area contributed by atoms with Crippen molar-refractivity contribution in [3.8, 4) is 44.5 Å². The molecule has 9 rings (SSSR count). The van der Waals surface area contributed by atoms with Crippen molar-refractivity contribution in [2.24, 2.45) is 0 Å². The number of hydrogen-bond acceptors (Lipinski definition) is 1. The molecule has 0 heterocycles. The van der Waals surface area contributed by atoms with Crippen LogP contribution in [0.3, 0.4) is 0 Å². The standard InChI is InChI=1S/C58H51N/c1-57(2,3)46-36-45(37-47(39-46)58(4,5)6)52-29-16-22-43-23-17-30-54(56(43)52)53-27-12-13-31-55(53)59(48-34-32-41(33-35-48)40-18-8-7-9-19-40)49-25-14-24-44(38-49)51-28-15-21-42-20-10-11-26-50(42)51/h7-39H,1-6H3. The van der Waals surface area contributed by atoms with Gasteiger partial charge in [-0.25, -0.2) is 0 Å². The average molecular weight is 762 g/mol. The Kier molecular flexibility index (Phi) is 9.77. The van der Waals surface area contributed by atoms with E-state index in [0.29, 0.717) is 0 Å². The van der Waals surface area contributed by atoms with Crippen molar-refractivity contribution in [2.45, 2.75) is 52.4 Å². The van der Waals surface area contributed by atoms with E-state index >= 15 is 0 Å². The van der Waals surface area contributed by atoms with E-state index in [1.165, 1.54) is 77.2 Å². The summed E-state index contributed by atoms with van der Waals surface area (Å²) in [6.45, 7) is 13.9. The Morgan fingerprint density at radius 3 is 1.56 bits per heavy atom. The van der Waals surface area contributed by atoms with Gasteiger partial charge in [0.15, 0.2) is 0 Å². The van der Waals surface area contributed by atoms with Crippen LogP contribution in [0.1, 0.15) is 52.7 Å².